The van der Waals surface area contributed by atoms with Gasteiger partial charge in [-0.25, -0.2) is 4.79 Å². The molecule has 1 aliphatic heterocycles. The highest BCUT2D eigenvalue weighted by molar-refractivity contribution is 6.00. The van der Waals surface area contributed by atoms with E-state index in [0.29, 0.717) is 17.0 Å². The van der Waals surface area contributed by atoms with E-state index in [1.807, 2.05) is 56.3 Å². The Hall–Kier alpha value is -4.96. The van der Waals surface area contributed by atoms with E-state index >= 15 is 0 Å². The topological polar surface area (TPSA) is 125 Å². The summed E-state index contributed by atoms with van der Waals surface area (Å²) >= 11 is 0. The smallest absolute Gasteiger partial charge is 0.337 e. The molecule has 3 aromatic carbocycles. The average molecular weight is 628 g/mol. The zero-order valence-corrected chi connectivity index (χ0v) is 26.5. The van der Waals surface area contributed by atoms with Crippen LogP contribution in [0.4, 0.5) is 0 Å². The van der Waals surface area contributed by atoms with Crippen molar-refractivity contribution in [3.8, 4) is 5.75 Å². The first-order valence-corrected chi connectivity index (χ1v) is 15.3. The second-order valence-electron chi connectivity index (χ2n) is 11.7. The van der Waals surface area contributed by atoms with Crippen LogP contribution in [0.2, 0.25) is 0 Å². The number of carbonyl (C=O) groups excluding carboxylic acids is 4. The van der Waals surface area contributed by atoms with Crippen LogP contribution in [0, 0.1) is 5.92 Å². The maximum absolute atomic E-state index is 14.2. The Morgan fingerprint density at radius 1 is 0.870 bits per heavy atom. The molecule has 3 amide bonds. The molecule has 0 saturated heterocycles. The molecule has 242 valence electrons. The lowest BCUT2D eigenvalue weighted by molar-refractivity contribution is -0.159. The monoisotopic (exact) mass is 627 g/mol. The summed E-state index contributed by atoms with van der Waals surface area (Å²) in [4.78, 5) is 56.7. The van der Waals surface area contributed by atoms with Gasteiger partial charge in [0.15, 0.2) is 12.7 Å². The third kappa shape index (κ3) is 8.82. The molecule has 0 aliphatic carbocycles. The number of amides is 3. The van der Waals surface area contributed by atoms with E-state index in [9.17, 15) is 24.3 Å². The van der Waals surface area contributed by atoms with Gasteiger partial charge in [0.25, 0.3) is 11.8 Å². The molecule has 1 heterocycles. The molecule has 10 heteroatoms. The van der Waals surface area contributed by atoms with E-state index in [2.05, 4.69) is 5.32 Å². The Balaban J connectivity index is 1.62. The Kier molecular flexibility index (Phi) is 11.7. The fourth-order valence-electron chi connectivity index (χ4n) is 5.22. The van der Waals surface area contributed by atoms with E-state index in [1.54, 1.807) is 68.6 Å². The number of hydrogen-bond donors (Lipinski definition) is 2. The van der Waals surface area contributed by atoms with Gasteiger partial charge in [-0.05, 0) is 49.4 Å². The van der Waals surface area contributed by atoms with Crippen LogP contribution in [0.25, 0.3) is 5.70 Å². The predicted octanol–water partition coefficient (Wildman–Crippen LogP) is 3.80. The lowest BCUT2D eigenvalue weighted by atomic mass is 9.96. The standard InChI is InChI=1S/C36H41N3O7/c1-24(2)33-35(43)38(22-31(40)37-29(20-26-14-8-5-9-15-26)34(42)36(44)46-25(3)4)30(27-16-10-6-11-17-27)21-39(33)32(41)23-45-28-18-12-7-13-19-28/h5-19,21,24-25,29,33-34,42H,20,22-23H2,1-4H3,(H,37,40)/t29-,33?,34?/m0/s1. The van der Waals surface area contributed by atoms with Crippen molar-refractivity contribution in [2.75, 3.05) is 13.2 Å². The number of ether oxygens (including phenoxy) is 2. The van der Waals surface area contributed by atoms with Crippen molar-refractivity contribution in [2.45, 2.75) is 58.4 Å². The number of nitrogens with zero attached hydrogens (tertiary/aromatic N) is 2. The van der Waals surface area contributed by atoms with Gasteiger partial charge in [0, 0.05) is 6.20 Å². The van der Waals surface area contributed by atoms with Gasteiger partial charge in [0.2, 0.25) is 5.91 Å². The fraction of sp³-hybridized carbons (Fsp3) is 0.333. The van der Waals surface area contributed by atoms with Crippen molar-refractivity contribution in [3.05, 3.63) is 108 Å². The van der Waals surface area contributed by atoms with Crippen LogP contribution in [0.1, 0.15) is 38.8 Å². The van der Waals surface area contributed by atoms with Gasteiger partial charge in [0.05, 0.1) is 17.8 Å². The molecule has 0 saturated carbocycles. The fourth-order valence-corrected chi connectivity index (χ4v) is 5.22. The number of rotatable bonds is 13. The average Bonchev–Trinajstić information content (AvgIpc) is 3.04. The molecule has 0 bridgehead atoms. The van der Waals surface area contributed by atoms with Crippen LogP contribution < -0.4 is 10.1 Å². The van der Waals surface area contributed by atoms with Crippen molar-refractivity contribution < 1.29 is 33.8 Å². The highest BCUT2D eigenvalue weighted by Crippen LogP contribution is 2.30. The van der Waals surface area contributed by atoms with Gasteiger partial charge in [0.1, 0.15) is 18.3 Å². The second-order valence-corrected chi connectivity index (χ2v) is 11.7. The maximum atomic E-state index is 14.2. The molecule has 0 fully saturated rings. The number of esters is 1. The first-order chi connectivity index (χ1) is 22.0. The molecule has 3 aromatic rings. The quantitative estimate of drug-likeness (QED) is 0.276. The molecular formula is C36H41N3O7. The molecule has 10 nitrogen and oxygen atoms in total. The Morgan fingerprint density at radius 3 is 2.04 bits per heavy atom. The molecule has 2 unspecified atom stereocenters. The predicted molar refractivity (Wildman–Crippen MR) is 173 cm³/mol. The number of carbonyl (C=O) groups is 4. The van der Waals surface area contributed by atoms with Crippen LogP contribution in [-0.4, -0.2) is 76.0 Å². The Bertz CT molecular complexity index is 1510. The van der Waals surface area contributed by atoms with Gasteiger partial charge in [-0.1, -0.05) is 92.7 Å². The first-order valence-electron chi connectivity index (χ1n) is 15.3. The molecule has 2 N–H and O–H groups in total. The summed E-state index contributed by atoms with van der Waals surface area (Å²) in [5, 5.41) is 13.7. The van der Waals surface area contributed by atoms with Crippen molar-refractivity contribution in [1.82, 2.24) is 15.1 Å². The zero-order valence-electron chi connectivity index (χ0n) is 26.5. The number of para-hydroxylation sites is 1. The number of aliphatic hydroxyl groups excluding tert-OH is 1. The third-order valence-corrected chi connectivity index (χ3v) is 7.39. The summed E-state index contributed by atoms with van der Waals surface area (Å²) in [6.45, 7) is 6.29. The lowest BCUT2D eigenvalue weighted by Gasteiger charge is -2.41. The molecule has 0 radical (unpaired) electrons. The number of hydrogen-bond acceptors (Lipinski definition) is 7. The van der Waals surface area contributed by atoms with Crippen molar-refractivity contribution >= 4 is 29.4 Å². The molecule has 0 spiro atoms. The van der Waals surface area contributed by atoms with Gasteiger partial charge in [-0.2, -0.15) is 0 Å². The van der Waals surface area contributed by atoms with Gasteiger partial charge >= 0.3 is 5.97 Å². The van der Waals surface area contributed by atoms with Crippen molar-refractivity contribution in [2.24, 2.45) is 5.92 Å². The first kappa shape index (κ1) is 33.9. The largest absolute Gasteiger partial charge is 0.484 e. The molecule has 4 rings (SSSR count). The lowest BCUT2D eigenvalue weighted by Crippen LogP contribution is -2.58. The highest BCUT2D eigenvalue weighted by atomic mass is 16.6. The van der Waals surface area contributed by atoms with Crippen LogP contribution in [-0.2, 0) is 30.3 Å². The SMILES string of the molecule is CC(C)OC(=O)C(O)[C@H](Cc1ccccc1)NC(=O)CN1C(=O)C(C(C)C)N(C(=O)COc2ccccc2)C=C1c1ccccc1. The van der Waals surface area contributed by atoms with E-state index < -0.39 is 54.5 Å². The normalized spacial score (nSPS) is 16.1. The number of aliphatic hydroxyl groups is 1. The summed E-state index contributed by atoms with van der Waals surface area (Å²) in [5.74, 6) is -2.09. The van der Waals surface area contributed by atoms with Gasteiger partial charge < -0.3 is 24.8 Å². The maximum Gasteiger partial charge on any atom is 0.337 e. The molecule has 3 atom stereocenters. The van der Waals surface area contributed by atoms with Gasteiger partial charge in [-0.3, -0.25) is 19.3 Å². The highest BCUT2D eigenvalue weighted by Gasteiger charge is 2.41. The molecular weight excluding hydrogens is 586 g/mol. The van der Waals surface area contributed by atoms with Crippen LogP contribution in [0.15, 0.2) is 97.2 Å². The Labute approximate surface area is 269 Å². The molecule has 0 aromatic heterocycles. The van der Waals surface area contributed by atoms with E-state index in [0.717, 1.165) is 5.56 Å². The van der Waals surface area contributed by atoms with Gasteiger partial charge in [-0.15, -0.1) is 0 Å². The summed E-state index contributed by atoms with van der Waals surface area (Å²) in [6, 6.07) is 25.1. The van der Waals surface area contributed by atoms with Crippen LogP contribution >= 0.6 is 0 Å². The van der Waals surface area contributed by atoms with Crippen molar-refractivity contribution in [3.63, 3.8) is 0 Å². The number of benzene rings is 3. The van der Waals surface area contributed by atoms with Crippen molar-refractivity contribution in [1.29, 1.82) is 0 Å². The summed E-state index contributed by atoms with van der Waals surface area (Å²) in [7, 11) is 0. The van der Waals surface area contributed by atoms with E-state index in [1.165, 1.54) is 9.80 Å². The van der Waals surface area contributed by atoms with Crippen LogP contribution in [0.5, 0.6) is 5.75 Å². The second kappa shape index (κ2) is 15.9. The Morgan fingerprint density at radius 2 is 1.46 bits per heavy atom. The minimum absolute atomic E-state index is 0.147. The minimum Gasteiger partial charge on any atom is -0.484 e. The number of nitrogens with one attached hydrogen (secondary N) is 1. The van der Waals surface area contributed by atoms with E-state index in [4.69, 9.17) is 9.47 Å². The van der Waals surface area contributed by atoms with Crippen LogP contribution in [0.3, 0.4) is 0 Å². The minimum atomic E-state index is -1.64. The third-order valence-electron chi connectivity index (χ3n) is 7.39. The molecule has 46 heavy (non-hydrogen) atoms. The zero-order chi connectivity index (χ0) is 33.2. The summed E-state index contributed by atoms with van der Waals surface area (Å²) in [6.07, 6.45) is -0.374. The summed E-state index contributed by atoms with van der Waals surface area (Å²) < 4.78 is 10.9. The van der Waals surface area contributed by atoms with E-state index in [-0.39, 0.29) is 18.9 Å². The summed E-state index contributed by atoms with van der Waals surface area (Å²) in [5.41, 5.74) is 1.76. The molecule has 1 aliphatic rings.